The van der Waals surface area contributed by atoms with Crippen LogP contribution in [0.4, 0.5) is 0 Å². The molecular formula is C10H16N2O3. The molecule has 1 unspecified atom stereocenters. The lowest BCUT2D eigenvalue weighted by Gasteiger charge is -2.34. The molecule has 0 radical (unpaired) electrons. The van der Waals surface area contributed by atoms with Gasteiger partial charge in [-0.05, 0) is 12.8 Å². The quantitative estimate of drug-likeness (QED) is 0.666. The molecule has 5 nitrogen and oxygen atoms in total. The number of aliphatic carboxylic acids is 1. The first-order valence-corrected chi connectivity index (χ1v) is 5.43. The summed E-state index contributed by atoms with van der Waals surface area (Å²) in [6.45, 7) is 0.806. The first-order chi connectivity index (χ1) is 7.16. The molecule has 2 rings (SSSR count). The van der Waals surface area contributed by atoms with E-state index in [0.717, 1.165) is 12.8 Å². The Morgan fingerprint density at radius 1 is 1.40 bits per heavy atom. The van der Waals surface area contributed by atoms with Gasteiger partial charge in [0.1, 0.15) is 6.04 Å². The number of nitrogens with one attached hydrogen (secondary N) is 1. The monoisotopic (exact) mass is 212 g/mol. The van der Waals surface area contributed by atoms with E-state index in [4.69, 9.17) is 5.11 Å². The maximum absolute atomic E-state index is 11.3. The molecule has 1 heterocycles. The third-order valence-corrected chi connectivity index (χ3v) is 3.24. The van der Waals surface area contributed by atoms with Crippen molar-refractivity contribution < 1.29 is 14.7 Å². The lowest BCUT2D eigenvalue weighted by molar-refractivity contribution is -0.145. The smallest absolute Gasteiger partial charge is 0.327 e. The van der Waals surface area contributed by atoms with Crippen LogP contribution in [0.15, 0.2) is 0 Å². The van der Waals surface area contributed by atoms with Crippen molar-refractivity contribution in [2.75, 3.05) is 13.1 Å². The van der Waals surface area contributed by atoms with Crippen molar-refractivity contribution in [3.8, 4) is 0 Å². The number of amides is 1. The van der Waals surface area contributed by atoms with Crippen LogP contribution < -0.4 is 5.32 Å². The average molecular weight is 212 g/mol. The molecule has 1 saturated carbocycles. The highest BCUT2D eigenvalue weighted by atomic mass is 16.4. The summed E-state index contributed by atoms with van der Waals surface area (Å²) in [4.78, 5) is 24.2. The Morgan fingerprint density at radius 2 is 2.07 bits per heavy atom. The normalized spacial score (nSPS) is 29.1. The lowest BCUT2D eigenvalue weighted by atomic mass is 10.1. The van der Waals surface area contributed by atoms with Crippen molar-refractivity contribution >= 4 is 11.9 Å². The molecular weight excluding hydrogens is 196 g/mol. The van der Waals surface area contributed by atoms with E-state index >= 15 is 0 Å². The number of carbonyl (C=O) groups excluding carboxylic acids is 1. The number of carboxylic acids is 1. The number of piperazine rings is 1. The zero-order chi connectivity index (χ0) is 10.8. The fraction of sp³-hybridized carbons (Fsp3) is 0.800. The molecule has 0 spiro atoms. The predicted octanol–water partition coefficient (Wildman–Crippen LogP) is -0.186. The maximum Gasteiger partial charge on any atom is 0.327 e. The van der Waals surface area contributed by atoms with E-state index in [-0.39, 0.29) is 5.91 Å². The van der Waals surface area contributed by atoms with Gasteiger partial charge in [0.05, 0.1) is 6.54 Å². The molecule has 2 N–H and O–H groups in total. The highest BCUT2D eigenvalue weighted by Gasteiger charge is 2.33. The van der Waals surface area contributed by atoms with Gasteiger partial charge in [-0.1, -0.05) is 12.8 Å². The predicted molar refractivity (Wildman–Crippen MR) is 53.4 cm³/mol. The van der Waals surface area contributed by atoms with Crippen LogP contribution >= 0.6 is 0 Å². The van der Waals surface area contributed by atoms with Gasteiger partial charge in [0.15, 0.2) is 0 Å². The van der Waals surface area contributed by atoms with E-state index in [1.165, 1.54) is 12.8 Å². The van der Waals surface area contributed by atoms with Crippen molar-refractivity contribution in [2.45, 2.75) is 37.8 Å². The topological polar surface area (TPSA) is 69.6 Å². The van der Waals surface area contributed by atoms with Gasteiger partial charge in [-0.25, -0.2) is 4.79 Å². The molecule has 2 aliphatic rings. The SMILES string of the molecule is O=C1CN(C2CCCC2)CC(C(=O)O)N1. The Balaban J connectivity index is 1.99. The molecule has 0 bridgehead atoms. The van der Waals surface area contributed by atoms with Gasteiger partial charge in [0, 0.05) is 12.6 Å². The summed E-state index contributed by atoms with van der Waals surface area (Å²) >= 11 is 0. The number of hydrogen-bond donors (Lipinski definition) is 2. The molecule has 5 heteroatoms. The number of hydrogen-bond acceptors (Lipinski definition) is 3. The fourth-order valence-electron chi connectivity index (χ4n) is 2.46. The standard InChI is InChI=1S/C10H16N2O3/c13-9-6-12(7-3-1-2-4-7)5-8(11-9)10(14)15/h7-8H,1-6H2,(H,11,13)(H,14,15). The third-order valence-electron chi connectivity index (χ3n) is 3.24. The number of carboxylic acid groups (broad SMARTS) is 1. The molecule has 0 aromatic carbocycles. The highest BCUT2D eigenvalue weighted by molar-refractivity contribution is 5.86. The molecule has 15 heavy (non-hydrogen) atoms. The first-order valence-electron chi connectivity index (χ1n) is 5.43. The van der Waals surface area contributed by atoms with E-state index < -0.39 is 12.0 Å². The van der Waals surface area contributed by atoms with E-state index in [1.54, 1.807) is 0 Å². The van der Waals surface area contributed by atoms with Crippen LogP contribution in [0.3, 0.4) is 0 Å². The van der Waals surface area contributed by atoms with Gasteiger partial charge >= 0.3 is 5.97 Å². The van der Waals surface area contributed by atoms with E-state index in [9.17, 15) is 9.59 Å². The van der Waals surface area contributed by atoms with Crippen LogP contribution in [0.25, 0.3) is 0 Å². The van der Waals surface area contributed by atoms with E-state index in [0.29, 0.717) is 19.1 Å². The lowest BCUT2D eigenvalue weighted by Crippen LogP contribution is -2.59. The van der Waals surface area contributed by atoms with Crippen molar-refractivity contribution in [3.63, 3.8) is 0 Å². The van der Waals surface area contributed by atoms with Gasteiger partial charge in [0.25, 0.3) is 0 Å². The number of rotatable bonds is 2. The van der Waals surface area contributed by atoms with Crippen LogP contribution in [0, 0.1) is 0 Å². The maximum atomic E-state index is 11.3. The zero-order valence-corrected chi connectivity index (χ0v) is 8.61. The van der Waals surface area contributed by atoms with Crippen LogP contribution in [-0.2, 0) is 9.59 Å². The summed E-state index contributed by atoms with van der Waals surface area (Å²) in [5.74, 6) is -1.11. The Labute approximate surface area is 88.4 Å². The number of nitrogens with zero attached hydrogens (tertiary/aromatic N) is 1. The van der Waals surface area contributed by atoms with Gasteiger partial charge in [0.2, 0.25) is 5.91 Å². The minimum absolute atomic E-state index is 0.166. The molecule has 1 aliphatic heterocycles. The second kappa shape index (κ2) is 4.18. The van der Waals surface area contributed by atoms with Crippen molar-refractivity contribution in [2.24, 2.45) is 0 Å². The Hall–Kier alpha value is -1.10. The molecule has 1 saturated heterocycles. The number of carbonyl (C=O) groups is 2. The second-order valence-electron chi connectivity index (χ2n) is 4.33. The minimum atomic E-state index is -0.939. The Morgan fingerprint density at radius 3 is 2.67 bits per heavy atom. The van der Waals surface area contributed by atoms with Crippen LogP contribution in [-0.4, -0.2) is 47.1 Å². The summed E-state index contributed by atoms with van der Waals surface area (Å²) in [6, 6.07) is -0.315. The molecule has 84 valence electrons. The summed E-state index contributed by atoms with van der Waals surface area (Å²) in [5, 5.41) is 11.4. The van der Waals surface area contributed by atoms with Crippen molar-refractivity contribution in [1.29, 1.82) is 0 Å². The third kappa shape index (κ3) is 2.28. The van der Waals surface area contributed by atoms with Crippen molar-refractivity contribution in [3.05, 3.63) is 0 Å². The Bertz CT molecular complexity index is 274. The van der Waals surface area contributed by atoms with Gasteiger partial charge < -0.3 is 10.4 Å². The molecule has 1 aliphatic carbocycles. The van der Waals surface area contributed by atoms with Crippen molar-refractivity contribution in [1.82, 2.24) is 10.2 Å². The summed E-state index contributed by atoms with van der Waals surface area (Å²) < 4.78 is 0. The molecule has 0 aromatic heterocycles. The van der Waals surface area contributed by atoms with Gasteiger partial charge in [-0.2, -0.15) is 0 Å². The average Bonchev–Trinajstić information content (AvgIpc) is 2.69. The molecule has 1 atom stereocenters. The van der Waals surface area contributed by atoms with Gasteiger partial charge in [-0.15, -0.1) is 0 Å². The zero-order valence-electron chi connectivity index (χ0n) is 8.61. The first kappa shape index (κ1) is 10.4. The molecule has 1 amide bonds. The van der Waals surface area contributed by atoms with Crippen LogP contribution in [0.5, 0.6) is 0 Å². The largest absolute Gasteiger partial charge is 0.480 e. The van der Waals surface area contributed by atoms with Crippen LogP contribution in [0.2, 0.25) is 0 Å². The Kier molecular flexibility index (Phi) is 2.90. The fourth-order valence-corrected chi connectivity index (χ4v) is 2.46. The molecule has 2 fully saturated rings. The minimum Gasteiger partial charge on any atom is -0.480 e. The summed E-state index contributed by atoms with van der Waals surface area (Å²) in [7, 11) is 0. The molecule has 0 aromatic rings. The van der Waals surface area contributed by atoms with E-state index in [1.807, 2.05) is 4.90 Å². The van der Waals surface area contributed by atoms with Crippen LogP contribution in [0.1, 0.15) is 25.7 Å². The summed E-state index contributed by atoms with van der Waals surface area (Å²) in [5.41, 5.74) is 0. The van der Waals surface area contributed by atoms with E-state index in [2.05, 4.69) is 5.32 Å². The highest BCUT2D eigenvalue weighted by Crippen LogP contribution is 2.24. The summed E-state index contributed by atoms with van der Waals surface area (Å²) in [6.07, 6.45) is 4.58. The second-order valence-corrected chi connectivity index (χ2v) is 4.33. The van der Waals surface area contributed by atoms with Gasteiger partial charge in [-0.3, -0.25) is 9.69 Å².